The number of aromatic nitrogens is 1. The average molecular weight is 289 g/mol. The number of nitrogens with one attached hydrogen (secondary N) is 2. The molecule has 0 radical (unpaired) electrons. The summed E-state index contributed by atoms with van der Waals surface area (Å²) in [5.41, 5.74) is 3.15. The van der Waals surface area contributed by atoms with Gasteiger partial charge in [-0.1, -0.05) is 29.8 Å². The van der Waals surface area contributed by atoms with E-state index in [1.54, 1.807) is 0 Å². The fourth-order valence-corrected chi connectivity index (χ4v) is 2.57. The van der Waals surface area contributed by atoms with Gasteiger partial charge in [-0.2, -0.15) is 0 Å². The fourth-order valence-electron chi connectivity index (χ4n) is 1.75. The molecule has 2 N–H and O–H groups in total. The molecule has 106 valence electrons. The van der Waals surface area contributed by atoms with Gasteiger partial charge in [-0.15, -0.1) is 11.3 Å². The third-order valence-electron chi connectivity index (χ3n) is 3.13. The van der Waals surface area contributed by atoms with Crippen LogP contribution in [0.15, 0.2) is 29.6 Å². The van der Waals surface area contributed by atoms with Crippen molar-refractivity contribution in [2.24, 2.45) is 0 Å². The summed E-state index contributed by atoms with van der Waals surface area (Å²) in [5.74, 6) is -0.0353. The normalized spacial score (nSPS) is 12.2. The lowest BCUT2D eigenvalue weighted by Gasteiger charge is -2.05. The van der Waals surface area contributed by atoms with Gasteiger partial charge in [0, 0.05) is 11.4 Å². The number of anilines is 1. The van der Waals surface area contributed by atoms with E-state index in [0.29, 0.717) is 11.6 Å². The first-order valence-corrected chi connectivity index (χ1v) is 7.44. The van der Waals surface area contributed by atoms with Crippen molar-refractivity contribution in [2.45, 2.75) is 26.3 Å². The monoisotopic (exact) mass is 289 g/mol. The topological polar surface area (TPSA) is 54.0 Å². The molecule has 0 saturated heterocycles. The lowest BCUT2D eigenvalue weighted by atomic mass is 10.1. The van der Waals surface area contributed by atoms with Crippen molar-refractivity contribution in [3.8, 4) is 0 Å². The number of carbonyl (C=O) groups excluding carboxylic acids is 1. The predicted molar refractivity (Wildman–Crippen MR) is 83.1 cm³/mol. The van der Waals surface area contributed by atoms with E-state index in [-0.39, 0.29) is 11.9 Å². The highest BCUT2D eigenvalue weighted by Crippen LogP contribution is 2.20. The smallest absolute Gasteiger partial charge is 0.230 e. The second-order valence-electron chi connectivity index (χ2n) is 4.80. The molecule has 2 aromatic rings. The molecule has 0 aliphatic carbocycles. The highest BCUT2D eigenvalue weighted by molar-refractivity contribution is 7.13. The Kier molecular flexibility index (Phi) is 4.87. The average Bonchev–Trinajstić information content (AvgIpc) is 2.89. The van der Waals surface area contributed by atoms with E-state index in [1.165, 1.54) is 16.9 Å². The lowest BCUT2D eigenvalue weighted by molar-refractivity contribution is -0.115. The Morgan fingerprint density at radius 2 is 2.05 bits per heavy atom. The number of rotatable bonds is 5. The van der Waals surface area contributed by atoms with Crippen molar-refractivity contribution in [3.63, 3.8) is 0 Å². The predicted octanol–water partition coefficient (Wildman–Crippen LogP) is 2.91. The second-order valence-corrected chi connectivity index (χ2v) is 5.66. The maximum atomic E-state index is 12.0. The number of nitrogens with zero attached hydrogens (tertiary/aromatic N) is 1. The molecule has 1 aromatic heterocycles. The van der Waals surface area contributed by atoms with Crippen LogP contribution in [0.5, 0.6) is 0 Å². The zero-order valence-electron chi connectivity index (χ0n) is 11.9. The first-order chi connectivity index (χ1) is 9.58. The summed E-state index contributed by atoms with van der Waals surface area (Å²) in [4.78, 5) is 16.4. The van der Waals surface area contributed by atoms with Crippen molar-refractivity contribution < 1.29 is 4.79 Å². The maximum Gasteiger partial charge on any atom is 0.230 e. The Balaban J connectivity index is 1.94. The molecule has 1 amide bonds. The summed E-state index contributed by atoms with van der Waals surface area (Å²) in [6.07, 6.45) is 0.372. The summed E-state index contributed by atoms with van der Waals surface area (Å²) in [7, 11) is 1.89. The summed E-state index contributed by atoms with van der Waals surface area (Å²) in [6, 6.07) is 8.17. The van der Waals surface area contributed by atoms with E-state index in [9.17, 15) is 4.79 Å². The van der Waals surface area contributed by atoms with E-state index < -0.39 is 0 Å². The van der Waals surface area contributed by atoms with Crippen molar-refractivity contribution >= 4 is 22.4 Å². The Morgan fingerprint density at radius 3 is 2.70 bits per heavy atom. The first kappa shape index (κ1) is 14.7. The quantitative estimate of drug-likeness (QED) is 0.890. The van der Waals surface area contributed by atoms with Crippen LogP contribution in [-0.4, -0.2) is 17.9 Å². The Labute approximate surface area is 123 Å². The molecule has 20 heavy (non-hydrogen) atoms. The van der Waals surface area contributed by atoms with Gasteiger partial charge in [-0.3, -0.25) is 4.79 Å². The molecular weight excluding hydrogens is 270 g/mol. The van der Waals surface area contributed by atoms with E-state index in [2.05, 4.69) is 15.6 Å². The Morgan fingerprint density at radius 1 is 1.35 bits per heavy atom. The Bertz CT molecular complexity index is 577. The van der Waals surface area contributed by atoms with Gasteiger partial charge in [0.1, 0.15) is 0 Å². The highest BCUT2D eigenvalue weighted by atomic mass is 32.1. The molecule has 0 aliphatic heterocycles. The molecule has 1 unspecified atom stereocenters. The molecule has 0 fully saturated rings. The molecule has 1 aromatic carbocycles. The van der Waals surface area contributed by atoms with E-state index in [1.807, 2.05) is 50.5 Å². The van der Waals surface area contributed by atoms with Gasteiger partial charge in [0.2, 0.25) is 5.91 Å². The van der Waals surface area contributed by atoms with Crippen LogP contribution in [0, 0.1) is 6.92 Å². The van der Waals surface area contributed by atoms with Crippen LogP contribution in [0.3, 0.4) is 0 Å². The van der Waals surface area contributed by atoms with Gasteiger partial charge in [-0.05, 0) is 26.5 Å². The fraction of sp³-hybridized carbons (Fsp3) is 0.333. The Hall–Kier alpha value is -1.72. The molecule has 2 rings (SSSR count). The molecule has 4 nitrogen and oxygen atoms in total. The standard InChI is InChI=1S/C15H19N3OS/c1-10-4-6-12(7-5-10)8-14(19)18-15-17-13(9-20-15)11(2)16-3/h4-7,9,11,16H,8H2,1-3H3,(H,17,18,19). The molecule has 0 saturated carbocycles. The highest BCUT2D eigenvalue weighted by Gasteiger charge is 2.10. The van der Waals surface area contributed by atoms with Gasteiger partial charge in [0.15, 0.2) is 5.13 Å². The number of amides is 1. The van der Waals surface area contributed by atoms with Gasteiger partial charge in [-0.25, -0.2) is 4.98 Å². The van der Waals surface area contributed by atoms with E-state index >= 15 is 0 Å². The number of aryl methyl sites for hydroxylation is 1. The molecule has 0 spiro atoms. The zero-order valence-corrected chi connectivity index (χ0v) is 12.8. The van der Waals surface area contributed by atoms with Crippen molar-refractivity contribution in [1.29, 1.82) is 0 Å². The number of benzene rings is 1. The van der Waals surface area contributed by atoms with Crippen LogP contribution in [0.25, 0.3) is 0 Å². The zero-order chi connectivity index (χ0) is 14.5. The minimum atomic E-state index is -0.0353. The van der Waals surface area contributed by atoms with Crippen LogP contribution in [0.2, 0.25) is 0 Å². The lowest BCUT2D eigenvalue weighted by Crippen LogP contribution is -2.15. The van der Waals surface area contributed by atoms with Crippen LogP contribution < -0.4 is 10.6 Å². The van der Waals surface area contributed by atoms with E-state index in [0.717, 1.165) is 11.3 Å². The number of carbonyl (C=O) groups is 1. The van der Waals surface area contributed by atoms with Gasteiger partial charge >= 0.3 is 0 Å². The minimum absolute atomic E-state index is 0.0353. The van der Waals surface area contributed by atoms with Gasteiger partial charge in [0.05, 0.1) is 12.1 Å². The van der Waals surface area contributed by atoms with Crippen molar-refractivity contribution in [1.82, 2.24) is 10.3 Å². The molecule has 5 heteroatoms. The molecule has 1 heterocycles. The molecule has 1 atom stereocenters. The second kappa shape index (κ2) is 6.63. The van der Waals surface area contributed by atoms with Gasteiger partial charge in [0.25, 0.3) is 0 Å². The van der Waals surface area contributed by atoms with E-state index in [4.69, 9.17) is 0 Å². The third-order valence-corrected chi connectivity index (χ3v) is 3.91. The molecule has 0 aliphatic rings. The first-order valence-electron chi connectivity index (χ1n) is 6.56. The van der Waals surface area contributed by atoms with Crippen molar-refractivity contribution in [2.75, 3.05) is 12.4 Å². The molecule has 0 bridgehead atoms. The molecular formula is C15H19N3OS. The van der Waals surface area contributed by atoms with Crippen LogP contribution in [0.1, 0.15) is 29.8 Å². The third kappa shape index (κ3) is 3.88. The number of hydrogen-bond acceptors (Lipinski definition) is 4. The SMILES string of the molecule is CNC(C)c1csc(NC(=O)Cc2ccc(C)cc2)n1. The summed E-state index contributed by atoms with van der Waals surface area (Å²) >= 11 is 1.45. The minimum Gasteiger partial charge on any atom is -0.312 e. The van der Waals surface area contributed by atoms with Gasteiger partial charge < -0.3 is 10.6 Å². The summed E-state index contributed by atoms with van der Waals surface area (Å²) < 4.78 is 0. The summed E-state index contributed by atoms with van der Waals surface area (Å²) in [5, 5.41) is 8.58. The van der Waals surface area contributed by atoms with Crippen LogP contribution >= 0.6 is 11.3 Å². The number of hydrogen-bond donors (Lipinski definition) is 2. The van der Waals surface area contributed by atoms with Crippen LogP contribution in [0.4, 0.5) is 5.13 Å². The summed E-state index contributed by atoms with van der Waals surface area (Å²) in [6.45, 7) is 4.07. The van der Waals surface area contributed by atoms with Crippen LogP contribution in [-0.2, 0) is 11.2 Å². The number of thiazole rings is 1. The largest absolute Gasteiger partial charge is 0.312 e. The maximum absolute atomic E-state index is 12.0. The van der Waals surface area contributed by atoms with Crippen molar-refractivity contribution in [3.05, 3.63) is 46.5 Å².